The van der Waals surface area contributed by atoms with Gasteiger partial charge in [-0.1, -0.05) is 11.6 Å². The first kappa shape index (κ1) is 14.8. The van der Waals surface area contributed by atoms with Gasteiger partial charge < -0.3 is 5.32 Å². The average Bonchev–Trinajstić information content (AvgIpc) is 2.38. The van der Waals surface area contributed by atoms with Crippen molar-refractivity contribution in [1.82, 2.24) is 9.97 Å². The van der Waals surface area contributed by atoms with Gasteiger partial charge in [-0.15, -0.1) is 0 Å². The number of anilines is 1. The molecule has 0 bridgehead atoms. The van der Waals surface area contributed by atoms with Crippen LogP contribution in [0.3, 0.4) is 0 Å². The van der Waals surface area contributed by atoms with Gasteiger partial charge in [0.1, 0.15) is 5.82 Å². The lowest BCUT2D eigenvalue weighted by Gasteiger charge is -2.10. The Bertz CT molecular complexity index is 617. The maximum atomic E-state index is 6.11. The summed E-state index contributed by atoms with van der Waals surface area (Å²) >= 11 is 13.0. The molecular weight excluding hydrogens is 393 g/mol. The van der Waals surface area contributed by atoms with E-state index in [1.54, 1.807) is 0 Å². The molecule has 1 heterocycles. The van der Waals surface area contributed by atoms with Gasteiger partial charge in [-0.25, -0.2) is 9.97 Å². The second-order valence-corrected chi connectivity index (χ2v) is 6.01. The first-order valence-electron chi connectivity index (χ1n) is 5.76. The summed E-state index contributed by atoms with van der Waals surface area (Å²) in [7, 11) is 0. The SMILES string of the molecule is CCNc1nc(-c2ccc(Br)c(Cl)c2)nc(C)c1Br. The highest BCUT2D eigenvalue weighted by molar-refractivity contribution is 9.11. The van der Waals surface area contributed by atoms with E-state index >= 15 is 0 Å². The zero-order chi connectivity index (χ0) is 14.0. The Hall–Kier alpha value is -0.650. The zero-order valence-corrected chi connectivity index (χ0v) is 14.4. The fourth-order valence-electron chi connectivity index (χ4n) is 1.61. The van der Waals surface area contributed by atoms with Crippen LogP contribution in [0.2, 0.25) is 5.02 Å². The zero-order valence-electron chi connectivity index (χ0n) is 10.5. The van der Waals surface area contributed by atoms with Crippen molar-refractivity contribution in [3.05, 3.63) is 37.9 Å². The fourth-order valence-corrected chi connectivity index (χ4v) is 2.35. The highest BCUT2D eigenvalue weighted by Crippen LogP contribution is 2.30. The van der Waals surface area contributed by atoms with Crippen LogP contribution in [-0.2, 0) is 0 Å². The van der Waals surface area contributed by atoms with Crippen molar-refractivity contribution >= 4 is 49.3 Å². The maximum Gasteiger partial charge on any atom is 0.161 e. The third kappa shape index (κ3) is 3.27. The van der Waals surface area contributed by atoms with E-state index in [-0.39, 0.29) is 0 Å². The smallest absolute Gasteiger partial charge is 0.161 e. The van der Waals surface area contributed by atoms with E-state index in [2.05, 4.69) is 47.1 Å². The highest BCUT2D eigenvalue weighted by atomic mass is 79.9. The largest absolute Gasteiger partial charge is 0.369 e. The molecule has 0 spiro atoms. The number of aromatic nitrogens is 2. The topological polar surface area (TPSA) is 37.8 Å². The standard InChI is InChI=1S/C13H12Br2ClN3/c1-3-17-13-11(15)7(2)18-12(19-13)8-4-5-9(14)10(16)6-8/h4-6H,3H2,1-2H3,(H,17,18,19). The lowest BCUT2D eigenvalue weighted by atomic mass is 10.2. The normalized spacial score (nSPS) is 10.6. The van der Waals surface area contributed by atoms with Gasteiger partial charge in [0.2, 0.25) is 0 Å². The average molecular weight is 406 g/mol. The van der Waals surface area contributed by atoms with E-state index in [1.165, 1.54) is 0 Å². The molecule has 0 unspecified atom stereocenters. The van der Waals surface area contributed by atoms with Crippen molar-refractivity contribution in [2.24, 2.45) is 0 Å². The van der Waals surface area contributed by atoms with Crippen LogP contribution in [-0.4, -0.2) is 16.5 Å². The summed E-state index contributed by atoms with van der Waals surface area (Å²) in [5.74, 6) is 1.45. The lowest BCUT2D eigenvalue weighted by Crippen LogP contribution is -2.04. The number of aryl methyl sites for hydroxylation is 1. The number of rotatable bonds is 3. The third-order valence-corrected chi connectivity index (χ3v) is 4.72. The molecule has 2 aromatic rings. The minimum Gasteiger partial charge on any atom is -0.369 e. The Balaban J connectivity index is 2.52. The molecule has 0 amide bonds. The Kier molecular flexibility index (Phi) is 4.81. The van der Waals surface area contributed by atoms with Gasteiger partial charge in [0.05, 0.1) is 15.2 Å². The Labute approximate surface area is 134 Å². The minimum atomic E-state index is 0.645. The molecule has 0 saturated carbocycles. The van der Waals surface area contributed by atoms with E-state index in [4.69, 9.17) is 11.6 Å². The van der Waals surface area contributed by atoms with E-state index in [0.717, 1.165) is 32.6 Å². The van der Waals surface area contributed by atoms with Crippen LogP contribution in [0, 0.1) is 6.92 Å². The number of nitrogens with one attached hydrogen (secondary N) is 1. The summed E-state index contributed by atoms with van der Waals surface area (Å²) in [6.45, 7) is 4.77. The molecule has 2 rings (SSSR count). The van der Waals surface area contributed by atoms with E-state index in [1.807, 2.05) is 32.0 Å². The van der Waals surface area contributed by atoms with Crippen molar-refractivity contribution in [2.75, 3.05) is 11.9 Å². The van der Waals surface area contributed by atoms with Gasteiger partial charge in [-0.05, 0) is 63.9 Å². The van der Waals surface area contributed by atoms with Gasteiger partial charge in [0, 0.05) is 16.6 Å². The van der Waals surface area contributed by atoms with Gasteiger partial charge in [-0.2, -0.15) is 0 Å². The quantitative estimate of drug-likeness (QED) is 0.775. The van der Waals surface area contributed by atoms with Crippen LogP contribution in [0.5, 0.6) is 0 Å². The predicted octanol–water partition coefficient (Wildman–Crippen LogP) is 5.06. The number of hydrogen-bond acceptors (Lipinski definition) is 3. The molecule has 3 nitrogen and oxygen atoms in total. The molecule has 19 heavy (non-hydrogen) atoms. The van der Waals surface area contributed by atoms with Crippen molar-refractivity contribution in [3.63, 3.8) is 0 Å². The molecular formula is C13H12Br2ClN3. The summed E-state index contributed by atoms with van der Waals surface area (Å²) in [6, 6.07) is 5.68. The van der Waals surface area contributed by atoms with Crippen molar-refractivity contribution < 1.29 is 0 Å². The number of halogens is 3. The molecule has 1 aromatic carbocycles. The van der Waals surface area contributed by atoms with Gasteiger partial charge >= 0.3 is 0 Å². The molecule has 0 fully saturated rings. The van der Waals surface area contributed by atoms with Crippen LogP contribution in [0.25, 0.3) is 11.4 Å². The van der Waals surface area contributed by atoms with Crippen molar-refractivity contribution in [2.45, 2.75) is 13.8 Å². The highest BCUT2D eigenvalue weighted by Gasteiger charge is 2.11. The maximum absolute atomic E-state index is 6.11. The van der Waals surface area contributed by atoms with Crippen LogP contribution >= 0.6 is 43.5 Å². The first-order valence-corrected chi connectivity index (χ1v) is 7.72. The summed E-state index contributed by atoms with van der Waals surface area (Å²) in [6.07, 6.45) is 0. The van der Waals surface area contributed by atoms with E-state index < -0.39 is 0 Å². The van der Waals surface area contributed by atoms with Crippen molar-refractivity contribution in [3.8, 4) is 11.4 Å². The monoisotopic (exact) mass is 403 g/mol. The molecule has 1 aromatic heterocycles. The molecule has 0 atom stereocenters. The van der Waals surface area contributed by atoms with Crippen molar-refractivity contribution in [1.29, 1.82) is 0 Å². The second kappa shape index (κ2) is 6.20. The predicted molar refractivity (Wildman–Crippen MR) is 86.8 cm³/mol. The minimum absolute atomic E-state index is 0.645. The molecule has 0 saturated heterocycles. The first-order chi connectivity index (χ1) is 9.02. The van der Waals surface area contributed by atoms with Gasteiger partial charge in [0.25, 0.3) is 0 Å². The third-order valence-electron chi connectivity index (χ3n) is 2.54. The Morgan fingerprint density at radius 3 is 2.63 bits per heavy atom. The Morgan fingerprint density at radius 1 is 1.26 bits per heavy atom. The number of hydrogen-bond donors (Lipinski definition) is 1. The van der Waals surface area contributed by atoms with Crippen LogP contribution in [0.4, 0.5) is 5.82 Å². The van der Waals surface area contributed by atoms with E-state index in [0.29, 0.717) is 10.8 Å². The molecule has 0 aliphatic rings. The van der Waals surface area contributed by atoms with Crippen LogP contribution < -0.4 is 5.32 Å². The molecule has 6 heteroatoms. The lowest BCUT2D eigenvalue weighted by molar-refractivity contribution is 1.06. The molecule has 0 aliphatic carbocycles. The molecule has 1 N–H and O–H groups in total. The fraction of sp³-hybridized carbons (Fsp3) is 0.231. The van der Waals surface area contributed by atoms with Gasteiger partial charge in [-0.3, -0.25) is 0 Å². The van der Waals surface area contributed by atoms with Crippen LogP contribution in [0.1, 0.15) is 12.6 Å². The second-order valence-electron chi connectivity index (χ2n) is 3.95. The molecule has 100 valence electrons. The number of benzene rings is 1. The number of nitrogens with zero attached hydrogens (tertiary/aromatic N) is 2. The molecule has 0 aliphatic heterocycles. The van der Waals surface area contributed by atoms with Crippen LogP contribution in [0.15, 0.2) is 27.1 Å². The summed E-state index contributed by atoms with van der Waals surface area (Å²) in [4.78, 5) is 9.01. The van der Waals surface area contributed by atoms with Gasteiger partial charge in [0.15, 0.2) is 5.82 Å². The summed E-state index contributed by atoms with van der Waals surface area (Å²) in [5.41, 5.74) is 1.78. The molecule has 0 radical (unpaired) electrons. The Morgan fingerprint density at radius 2 is 2.00 bits per heavy atom. The summed E-state index contributed by atoms with van der Waals surface area (Å²) < 4.78 is 1.75. The van der Waals surface area contributed by atoms with E-state index in [9.17, 15) is 0 Å². The summed E-state index contributed by atoms with van der Waals surface area (Å²) in [5, 5.41) is 3.86.